The Labute approximate surface area is 195 Å². The molecule has 178 valence electrons. The molecule has 0 spiro atoms. The van der Waals surface area contributed by atoms with E-state index in [0.717, 1.165) is 11.7 Å². The number of morpholine rings is 1. The number of fused-ring (bicyclic) bond motifs is 1. The van der Waals surface area contributed by atoms with Gasteiger partial charge in [0, 0.05) is 49.7 Å². The van der Waals surface area contributed by atoms with Gasteiger partial charge in [-0.2, -0.15) is 18.3 Å². The van der Waals surface area contributed by atoms with Crippen LogP contribution in [0.25, 0.3) is 16.6 Å². The number of allylic oxidation sites excluding steroid dienone is 1. The van der Waals surface area contributed by atoms with Crippen LogP contribution in [0.1, 0.15) is 43.6 Å². The number of aromatic nitrogens is 5. The zero-order valence-electron chi connectivity index (χ0n) is 19.0. The van der Waals surface area contributed by atoms with Gasteiger partial charge in [0.2, 0.25) is 0 Å². The van der Waals surface area contributed by atoms with Gasteiger partial charge in [-0.3, -0.25) is 9.67 Å². The van der Waals surface area contributed by atoms with Crippen LogP contribution in [-0.4, -0.2) is 56.7 Å². The minimum absolute atomic E-state index is 0.0629. The van der Waals surface area contributed by atoms with Gasteiger partial charge < -0.3 is 9.64 Å². The van der Waals surface area contributed by atoms with E-state index in [0.29, 0.717) is 47.8 Å². The third-order valence-electron chi connectivity index (χ3n) is 5.93. The lowest BCUT2D eigenvalue weighted by Gasteiger charge is -2.32. The molecule has 10 heteroatoms. The predicted molar refractivity (Wildman–Crippen MR) is 121 cm³/mol. The maximum atomic E-state index is 12.8. The molecule has 3 aromatic heterocycles. The van der Waals surface area contributed by atoms with Crippen molar-refractivity contribution in [3.63, 3.8) is 0 Å². The van der Waals surface area contributed by atoms with Crippen molar-refractivity contribution in [2.24, 2.45) is 0 Å². The van der Waals surface area contributed by atoms with Gasteiger partial charge in [0.05, 0.1) is 35.5 Å². The Hall–Kier alpha value is -3.23. The standard InChI is InChI=1S/C18H17F3N4O.C6H8N2/c1-10-8-22-17-14(23-10)7-15(25-3-4-26-11(2)9-25)24-16(17)12-5-13(6-12)18(19,20)21;1-4-7-8(5-1)6-2-3-6/h7-8,11H,3-5,9H2,1-2H3;1,4-6H,2-3H2/t11-;/m1./s1. The number of pyridine rings is 1. The monoisotopic (exact) mass is 470 g/mol. The highest BCUT2D eigenvalue weighted by Crippen LogP contribution is 2.40. The second-order valence-electron chi connectivity index (χ2n) is 8.81. The third kappa shape index (κ3) is 4.83. The van der Waals surface area contributed by atoms with Gasteiger partial charge in [-0.05, 0) is 32.8 Å². The molecule has 3 aliphatic rings. The Bertz CT molecular complexity index is 1260. The molecule has 2 fully saturated rings. The van der Waals surface area contributed by atoms with E-state index >= 15 is 0 Å². The van der Waals surface area contributed by atoms with Crippen molar-refractivity contribution in [1.29, 1.82) is 0 Å². The van der Waals surface area contributed by atoms with Crippen molar-refractivity contribution in [3.8, 4) is 0 Å². The van der Waals surface area contributed by atoms with E-state index in [-0.39, 0.29) is 12.5 Å². The van der Waals surface area contributed by atoms with E-state index in [4.69, 9.17) is 4.74 Å². The molecule has 0 amide bonds. The van der Waals surface area contributed by atoms with Gasteiger partial charge in [0.1, 0.15) is 17.0 Å². The van der Waals surface area contributed by atoms with Crippen molar-refractivity contribution in [2.75, 3.05) is 24.6 Å². The number of halogens is 3. The summed E-state index contributed by atoms with van der Waals surface area (Å²) in [7, 11) is 0. The average molecular weight is 470 g/mol. The first-order valence-electron chi connectivity index (χ1n) is 11.3. The average Bonchev–Trinajstić information content (AvgIpc) is 3.45. The fourth-order valence-electron chi connectivity index (χ4n) is 3.99. The molecule has 0 bridgehead atoms. The smallest absolute Gasteiger partial charge is 0.375 e. The van der Waals surface area contributed by atoms with Crippen LogP contribution in [0.2, 0.25) is 0 Å². The first kappa shape index (κ1) is 22.6. The van der Waals surface area contributed by atoms with Crippen molar-refractivity contribution >= 4 is 22.4 Å². The highest BCUT2D eigenvalue weighted by atomic mass is 19.4. The summed E-state index contributed by atoms with van der Waals surface area (Å²) in [6.07, 6.45) is 3.60. The van der Waals surface area contributed by atoms with Gasteiger partial charge in [-0.15, -0.1) is 5.73 Å². The summed E-state index contributed by atoms with van der Waals surface area (Å²) in [6, 6.07) is 4.55. The minimum atomic E-state index is -4.35. The van der Waals surface area contributed by atoms with E-state index in [2.05, 4.69) is 30.7 Å². The molecule has 6 rings (SSSR count). The van der Waals surface area contributed by atoms with E-state index in [1.165, 1.54) is 12.8 Å². The van der Waals surface area contributed by atoms with E-state index in [9.17, 15) is 13.2 Å². The third-order valence-corrected chi connectivity index (χ3v) is 5.93. The number of hydrogen-bond acceptors (Lipinski definition) is 6. The van der Waals surface area contributed by atoms with Gasteiger partial charge in [0.15, 0.2) is 0 Å². The summed E-state index contributed by atoms with van der Waals surface area (Å²) in [5.74, 6) is 0.678. The molecule has 1 saturated carbocycles. The van der Waals surface area contributed by atoms with Crippen LogP contribution >= 0.6 is 0 Å². The molecule has 0 radical (unpaired) electrons. The van der Waals surface area contributed by atoms with Crippen LogP contribution in [0.15, 0.2) is 42.0 Å². The molecular weight excluding hydrogens is 445 g/mol. The summed E-state index contributed by atoms with van der Waals surface area (Å²) in [6.45, 7) is 5.72. The summed E-state index contributed by atoms with van der Waals surface area (Å²) < 4.78 is 45.9. The Morgan fingerprint density at radius 2 is 2.00 bits per heavy atom. The first-order chi connectivity index (χ1) is 16.3. The maximum absolute atomic E-state index is 12.8. The summed E-state index contributed by atoms with van der Waals surface area (Å²) in [5, 5.41) is 4.09. The number of aryl methyl sites for hydroxylation is 1. The van der Waals surface area contributed by atoms with E-state index in [1.807, 2.05) is 43.1 Å². The number of rotatable bonds is 3. The Morgan fingerprint density at radius 3 is 2.65 bits per heavy atom. The second-order valence-corrected chi connectivity index (χ2v) is 8.81. The quantitative estimate of drug-likeness (QED) is 0.519. The van der Waals surface area contributed by atoms with E-state index < -0.39 is 11.7 Å². The fraction of sp³-hybridized carbons (Fsp3) is 0.458. The summed E-state index contributed by atoms with van der Waals surface area (Å²) in [4.78, 5) is 15.5. The molecule has 1 aliphatic heterocycles. The molecular formula is C24H25F3N6O. The zero-order valence-corrected chi connectivity index (χ0v) is 19.0. The normalized spacial score (nSPS) is 20.3. The van der Waals surface area contributed by atoms with E-state index in [1.54, 1.807) is 6.20 Å². The Balaban J connectivity index is 0.000000252. The molecule has 2 aliphatic carbocycles. The molecule has 1 saturated heterocycles. The number of anilines is 1. The van der Waals surface area contributed by atoms with Crippen LogP contribution in [-0.2, 0) is 4.74 Å². The highest BCUT2D eigenvalue weighted by molar-refractivity contribution is 5.90. The molecule has 7 nitrogen and oxygen atoms in total. The number of hydrogen-bond donors (Lipinski definition) is 0. The number of ether oxygens (including phenoxy) is 1. The molecule has 0 N–H and O–H groups in total. The van der Waals surface area contributed by atoms with Gasteiger partial charge >= 0.3 is 6.18 Å². The van der Waals surface area contributed by atoms with Crippen LogP contribution in [0.3, 0.4) is 0 Å². The molecule has 0 aromatic carbocycles. The topological polar surface area (TPSA) is 69.0 Å². The van der Waals surface area contributed by atoms with Gasteiger partial charge in [-0.1, -0.05) is 0 Å². The van der Waals surface area contributed by atoms with Crippen molar-refractivity contribution < 1.29 is 17.9 Å². The minimum Gasteiger partial charge on any atom is -0.375 e. The maximum Gasteiger partial charge on any atom is 0.420 e. The largest absolute Gasteiger partial charge is 0.420 e. The summed E-state index contributed by atoms with van der Waals surface area (Å²) in [5.41, 5.74) is 4.47. The first-order valence-corrected chi connectivity index (χ1v) is 11.3. The lowest BCUT2D eigenvalue weighted by molar-refractivity contribution is -0.0934. The van der Waals surface area contributed by atoms with Crippen molar-refractivity contribution in [2.45, 2.75) is 51.4 Å². The molecule has 1 atom stereocenters. The molecule has 3 aromatic rings. The predicted octanol–water partition coefficient (Wildman–Crippen LogP) is 4.65. The van der Waals surface area contributed by atoms with Gasteiger partial charge in [-0.25, -0.2) is 9.97 Å². The second kappa shape index (κ2) is 8.85. The van der Waals surface area contributed by atoms with Gasteiger partial charge in [0.25, 0.3) is 0 Å². The lowest BCUT2D eigenvalue weighted by Crippen LogP contribution is -2.41. The molecule has 0 unspecified atom stereocenters. The number of alkyl halides is 3. The fourth-order valence-corrected chi connectivity index (χ4v) is 3.99. The van der Waals surface area contributed by atoms with Crippen LogP contribution in [0.4, 0.5) is 19.0 Å². The lowest BCUT2D eigenvalue weighted by atomic mass is 9.93. The SMILES string of the molecule is Cc1cnc2c(C3=C=C(C(F)(F)F)C3)nc(N3CCO[C@H](C)C3)cc2n1.c1cnn(C2CC2)c1. The van der Waals surface area contributed by atoms with Crippen molar-refractivity contribution in [1.82, 2.24) is 24.7 Å². The molecule has 4 heterocycles. The Morgan fingerprint density at radius 1 is 1.21 bits per heavy atom. The molecule has 34 heavy (non-hydrogen) atoms. The van der Waals surface area contributed by atoms with Crippen LogP contribution < -0.4 is 4.90 Å². The van der Waals surface area contributed by atoms with Crippen LogP contribution in [0, 0.1) is 6.92 Å². The highest BCUT2D eigenvalue weighted by Gasteiger charge is 2.38. The van der Waals surface area contributed by atoms with Crippen molar-refractivity contribution in [3.05, 3.63) is 53.4 Å². The Kier molecular flexibility index (Phi) is 5.87. The van der Waals surface area contributed by atoms with Crippen LogP contribution in [0.5, 0.6) is 0 Å². The zero-order chi connectivity index (χ0) is 23.9. The summed E-state index contributed by atoms with van der Waals surface area (Å²) >= 11 is 0. The number of nitrogens with zero attached hydrogens (tertiary/aromatic N) is 6.